The number of hydrogen-bond acceptors (Lipinski definition) is 4. The van der Waals surface area contributed by atoms with E-state index < -0.39 is 0 Å². The first-order chi connectivity index (χ1) is 11.8. The van der Waals surface area contributed by atoms with Gasteiger partial charge in [-0.1, -0.05) is 11.6 Å². The van der Waals surface area contributed by atoms with Gasteiger partial charge in [-0.3, -0.25) is 4.90 Å². The van der Waals surface area contributed by atoms with Crippen LogP contribution in [-0.4, -0.2) is 34.6 Å². The van der Waals surface area contributed by atoms with Crippen molar-refractivity contribution >= 4 is 11.6 Å². The third kappa shape index (κ3) is 3.45. The first-order valence-corrected chi connectivity index (χ1v) is 8.78. The molecule has 0 amide bonds. The van der Waals surface area contributed by atoms with Gasteiger partial charge >= 0.3 is 0 Å². The molecular weight excluding hydrogens is 322 g/mol. The highest BCUT2D eigenvalue weighted by Crippen LogP contribution is 2.23. The van der Waals surface area contributed by atoms with E-state index >= 15 is 0 Å². The van der Waals surface area contributed by atoms with Gasteiger partial charge in [-0.25, -0.2) is 9.97 Å². The second-order valence-electron chi connectivity index (χ2n) is 6.38. The zero-order valence-electron chi connectivity index (χ0n) is 13.5. The van der Waals surface area contributed by atoms with Gasteiger partial charge in [0.1, 0.15) is 0 Å². The highest BCUT2D eigenvalue weighted by atomic mass is 35.5. The molecule has 5 heteroatoms. The molecule has 0 radical (unpaired) electrons. The quantitative estimate of drug-likeness (QED) is 0.850. The topological polar surface area (TPSA) is 38.2 Å². The smallest absolute Gasteiger partial charge is 0.159 e. The van der Waals surface area contributed by atoms with Crippen LogP contribution in [0.25, 0.3) is 11.4 Å². The first-order valence-electron chi connectivity index (χ1n) is 8.40. The lowest BCUT2D eigenvalue weighted by Crippen LogP contribution is -2.33. The van der Waals surface area contributed by atoms with Gasteiger partial charge in [-0.05, 0) is 42.7 Å². The van der Waals surface area contributed by atoms with Crippen molar-refractivity contribution in [3.05, 3.63) is 58.6 Å². The Bertz CT molecular complexity index is 758. The summed E-state index contributed by atoms with van der Waals surface area (Å²) < 4.78 is 5.44. The molecule has 0 N–H and O–H groups in total. The number of benzene rings is 1. The molecule has 0 spiro atoms. The van der Waals surface area contributed by atoms with Crippen LogP contribution in [-0.2, 0) is 17.7 Å². The molecule has 2 aliphatic rings. The monoisotopic (exact) mass is 341 g/mol. The Hall–Kier alpha value is -1.91. The Morgan fingerprint density at radius 3 is 2.83 bits per heavy atom. The van der Waals surface area contributed by atoms with Gasteiger partial charge in [0.25, 0.3) is 0 Å². The lowest BCUT2D eigenvalue weighted by molar-refractivity contribution is 0.208. The average molecular weight is 342 g/mol. The van der Waals surface area contributed by atoms with Crippen molar-refractivity contribution in [1.29, 1.82) is 0 Å². The molecule has 1 aromatic carbocycles. The average Bonchev–Trinajstić information content (AvgIpc) is 2.63. The molecule has 0 saturated heterocycles. The van der Waals surface area contributed by atoms with Crippen molar-refractivity contribution in [2.45, 2.75) is 25.8 Å². The maximum Gasteiger partial charge on any atom is 0.159 e. The van der Waals surface area contributed by atoms with Crippen LogP contribution in [0.2, 0.25) is 5.02 Å². The number of ether oxygens (including phenoxy) is 1. The summed E-state index contributed by atoms with van der Waals surface area (Å²) in [5.74, 6) is 0.780. The zero-order chi connectivity index (χ0) is 16.4. The highest BCUT2D eigenvalue weighted by Gasteiger charge is 2.20. The van der Waals surface area contributed by atoms with E-state index in [9.17, 15) is 0 Å². The van der Waals surface area contributed by atoms with Crippen molar-refractivity contribution in [2.75, 3.05) is 19.7 Å². The number of rotatable bonds is 3. The summed E-state index contributed by atoms with van der Waals surface area (Å²) in [5.41, 5.74) is 4.80. The number of fused-ring (bicyclic) bond motifs is 1. The van der Waals surface area contributed by atoms with Crippen molar-refractivity contribution in [2.24, 2.45) is 0 Å². The van der Waals surface area contributed by atoms with Gasteiger partial charge in [-0.15, -0.1) is 0 Å². The van der Waals surface area contributed by atoms with E-state index in [-0.39, 0.29) is 0 Å². The lowest BCUT2D eigenvalue weighted by Gasteiger charge is -2.29. The number of hydrogen-bond donors (Lipinski definition) is 0. The molecule has 2 aliphatic heterocycles. The Kier molecular flexibility index (Phi) is 4.50. The summed E-state index contributed by atoms with van der Waals surface area (Å²) >= 11 is 5.95. The van der Waals surface area contributed by atoms with Crippen LogP contribution in [0, 0.1) is 0 Å². The molecular formula is C19H20ClN3O. The fourth-order valence-corrected chi connectivity index (χ4v) is 3.40. The lowest BCUT2D eigenvalue weighted by atomic mass is 10.0. The fourth-order valence-electron chi connectivity index (χ4n) is 3.27. The zero-order valence-corrected chi connectivity index (χ0v) is 14.3. The molecule has 124 valence electrons. The molecule has 0 bridgehead atoms. The summed E-state index contributed by atoms with van der Waals surface area (Å²) in [6.45, 7) is 3.78. The molecule has 2 aromatic rings. The number of halogens is 1. The first kappa shape index (κ1) is 15.6. The third-order valence-electron chi connectivity index (χ3n) is 4.55. The molecule has 1 aromatic heterocycles. The van der Waals surface area contributed by atoms with Crippen LogP contribution in [0.4, 0.5) is 0 Å². The molecule has 4 nitrogen and oxygen atoms in total. The van der Waals surface area contributed by atoms with Crippen LogP contribution >= 0.6 is 11.6 Å². The van der Waals surface area contributed by atoms with E-state index in [0.29, 0.717) is 0 Å². The van der Waals surface area contributed by atoms with E-state index in [2.05, 4.69) is 9.88 Å². The Balaban J connectivity index is 1.49. The standard InChI is InChI=1S/C19H20ClN3O/c20-17-5-3-15(4-6-17)19-21-10-16-12-23(8-7-18(16)22-19)11-14-2-1-9-24-13-14/h3-6,10,13H,1-2,7-9,11-12H2. The largest absolute Gasteiger partial charge is 0.501 e. The van der Waals surface area contributed by atoms with E-state index in [1.165, 1.54) is 16.8 Å². The Morgan fingerprint density at radius 1 is 1.17 bits per heavy atom. The van der Waals surface area contributed by atoms with Crippen LogP contribution in [0.1, 0.15) is 24.1 Å². The molecule has 4 rings (SSSR count). The molecule has 0 fully saturated rings. The third-order valence-corrected chi connectivity index (χ3v) is 4.80. The second-order valence-corrected chi connectivity index (χ2v) is 6.82. The van der Waals surface area contributed by atoms with Crippen molar-refractivity contribution in [3.63, 3.8) is 0 Å². The number of nitrogens with zero attached hydrogens (tertiary/aromatic N) is 3. The van der Waals surface area contributed by atoms with Gasteiger partial charge in [0.15, 0.2) is 5.82 Å². The second kappa shape index (κ2) is 6.91. The Labute approximate surface area is 147 Å². The molecule has 0 saturated carbocycles. The van der Waals surface area contributed by atoms with Crippen LogP contribution in [0.5, 0.6) is 0 Å². The van der Waals surface area contributed by atoms with Gasteiger partial charge in [-0.2, -0.15) is 0 Å². The highest BCUT2D eigenvalue weighted by molar-refractivity contribution is 6.30. The maximum atomic E-state index is 5.95. The van der Waals surface area contributed by atoms with Crippen LogP contribution in [0.3, 0.4) is 0 Å². The minimum Gasteiger partial charge on any atom is -0.501 e. The maximum absolute atomic E-state index is 5.95. The van der Waals surface area contributed by atoms with E-state index in [1.807, 2.05) is 36.7 Å². The van der Waals surface area contributed by atoms with E-state index in [4.69, 9.17) is 21.3 Å². The molecule has 0 unspecified atom stereocenters. The predicted octanol–water partition coefficient (Wildman–Crippen LogP) is 3.85. The van der Waals surface area contributed by atoms with Gasteiger partial charge in [0.2, 0.25) is 0 Å². The van der Waals surface area contributed by atoms with E-state index in [0.717, 1.165) is 61.9 Å². The summed E-state index contributed by atoms with van der Waals surface area (Å²) in [6.07, 6.45) is 7.16. The van der Waals surface area contributed by atoms with Crippen LogP contribution < -0.4 is 0 Å². The summed E-state index contributed by atoms with van der Waals surface area (Å²) in [4.78, 5) is 11.8. The normalized spacial score (nSPS) is 17.8. The van der Waals surface area contributed by atoms with Crippen molar-refractivity contribution < 1.29 is 4.74 Å². The van der Waals surface area contributed by atoms with Gasteiger partial charge in [0.05, 0.1) is 18.6 Å². The minimum atomic E-state index is 0.730. The SMILES string of the molecule is Clc1ccc(-c2ncc3c(n2)CCN(CC2=COCCC2)C3)cc1. The van der Waals surface area contributed by atoms with Gasteiger partial charge < -0.3 is 4.74 Å². The number of aromatic nitrogens is 2. The Morgan fingerprint density at radius 2 is 2.04 bits per heavy atom. The summed E-state index contributed by atoms with van der Waals surface area (Å²) in [7, 11) is 0. The van der Waals surface area contributed by atoms with Crippen molar-refractivity contribution in [1.82, 2.24) is 14.9 Å². The minimum absolute atomic E-state index is 0.730. The molecule has 0 atom stereocenters. The van der Waals surface area contributed by atoms with Crippen LogP contribution in [0.15, 0.2) is 42.3 Å². The van der Waals surface area contributed by atoms with Crippen molar-refractivity contribution in [3.8, 4) is 11.4 Å². The van der Waals surface area contributed by atoms with E-state index in [1.54, 1.807) is 0 Å². The predicted molar refractivity (Wildman–Crippen MR) is 94.7 cm³/mol. The molecule has 24 heavy (non-hydrogen) atoms. The summed E-state index contributed by atoms with van der Waals surface area (Å²) in [5, 5.41) is 0.730. The fraction of sp³-hybridized carbons (Fsp3) is 0.368. The summed E-state index contributed by atoms with van der Waals surface area (Å²) in [6, 6.07) is 7.69. The van der Waals surface area contributed by atoms with Gasteiger partial charge in [0, 0.05) is 48.4 Å². The molecule has 0 aliphatic carbocycles. The molecule has 3 heterocycles.